The van der Waals surface area contributed by atoms with Crippen LogP contribution in [0.5, 0.6) is 5.75 Å². The fourth-order valence-corrected chi connectivity index (χ4v) is 2.12. The number of halogens is 1. The maximum absolute atomic E-state index is 6.18. The Bertz CT molecular complexity index is 333. The molecule has 0 fully saturated rings. The third kappa shape index (κ3) is 5.19. The van der Waals surface area contributed by atoms with E-state index in [1.807, 2.05) is 30.0 Å². The third-order valence-electron chi connectivity index (χ3n) is 2.38. The maximum atomic E-state index is 6.18. The van der Waals surface area contributed by atoms with Crippen LogP contribution >= 0.6 is 23.4 Å². The minimum absolute atomic E-state index is 0.750. The molecule has 1 aromatic carbocycles. The number of hydrogen-bond acceptors (Lipinski definition) is 3. The van der Waals surface area contributed by atoms with E-state index in [9.17, 15) is 0 Å². The van der Waals surface area contributed by atoms with Gasteiger partial charge in [0.15, 0.2) is 0 Å². The highest BCUT2D eigenvalue weighted by Crippen LogP contribution is 2.26. The van der Waals surface area contributed by atoms with Crippen molar-refractivity contribution in [1.29, 1.82) is 0 Å². The molecule has 2 nitrogen and oxygen atoms in total. The van der Waals surface area contributed by atoms with Crippen LogP contribution in [-0.2, 0) is 6.54 Å². The van der Waals surface area contributed by atoms with E-state index in [1.165, 1.54) is 0 Å². The summed E-state index contributed by atoms with van der Waals surface area (Å²) in [6, 6.07) is 5.82. The van der Waals surface area contributed by atoms with E-state index in [0.29, 0.717) is 0 Å². The van der Waals surface area contributed by atoms with Crippen LogP contribution in [0.1, 0.15) is 18.9 Å². The molecule has 17 heavy (non-hydrogen) atoms. The van der Waals surface area contributed by atoms with Crippen LogP contribution in [0, 0.1) is 0 Å². The van der Waals surface area contributed by atoms with Gasteiger partial charge in [0.2, 0.25) is 0 Å². The molecule has 4 heteroatoms. The van der Waals surface area contributed by atoms with Gasteiger partial charge < -0.3 is 10.1 Å². The summed E-state index contributed by atoms with van der Waals surface area (Å²) in [7, 11) is 0. The van der Waals surface area contributed by atoms with Crippen LogP contribution < -0.4 is 10.1 Å². The van der Waals surface area contributed by atoms with Gasteiger partial charge in [-0.2, -0.15) is 11.8 Å². The first kappa shape index (κ1) is 14.7. The highest BCUT2D eigenvalue weighted by molar-refractivity contribution is 7.98. The summed E-state index contributed by atoms with van der Waals surface area (Å²) in [6.45, 7) is 4.52. The number of nitrogens with one attached hydrogen (secondary N) is 1. The second-order valence-electron chi connectivity index (χ2n) is 3.69. The Morgan fingerprint density at radius 2 is 2.24 bits per heavy atom. The van der Waals surface area contributed by atoms with Crippen molar-refractivity contribution in [2.45, 2.75) is 19.9 Å². The number of rotatable bonds is 8. The Morgan fingerprint density at radius 3 is 2.94 bits per heavy atom. The van der Waals surface area contributed by atoms with E-state index in [1.54, 1.807) is 0 Å². The van der Waals surface area contributed by atoms with Gasteiger partial charge in [-0.25, -0.2) is 0 Å². The molecule has 1 N–H and O–H groups in total. The predicted octanol–water partition coefficient (Wildman–Crippen LogP) is 3.58. The van der Waals surface area contributed by atoms with Crippen molar-refractivity contribution in [3.8, 4) is 5.75 Å². The topological polar surface area (TPSA) is 21.3 Å². The molecule has 0 radical (unpaired) electrons. The zero-order chi connectivity index (χ0) is 12.5. The zero-order valence-electron chi connectivity index (χ0n) is 10.5. The van der Waals surface area contributed by atoms with Crippen molar-refractivity contribution in [3.63, 3.8) is 0 Å². The van der Waals surface area contributed by atoms with E-state index in [4.69, 9.17) is 16.3 Å². The van der Waals surface area contributed by atoms with Gasteiger partial charge in [0, 0.05) is 17.1 Å². The SMILES string of the molecule is CCNCc1c(Cl)cccc1OCCCSC. The standard InChI is InChI=1S/C13H20ClNOS/c1-3-15-10-11-12(14)6-4-7-13(11)16-8-5-9-17-2/h4,6-7,15H,3,5,8-10H2,1-2H3. The Balaban J connectivity index is 2.59. The second kappa shape index (κ2) is 8.67. The highest BCUT2D eigenvalue weighted by atomic mass is 35.5. The first-order valence-electron chi connectivity index (χ1n) is 5.89. The largest absolute Gasteiger partial charge is 0.493 e. The van der Waals surface area contributed by atoms with Crippen LogP contribution in [0.3, 0.4) is 0 Å². The van der Waals surface area contributed by atoms with Crippen molar-refractivity contribution < 1.29 is 4.74 Å². The Morgan fingerprint density at radius 1 is 1.41 bits per heavy atom. The molecular formula is C13H20ClNOS. The summed E-state index contributed by atoms with van der Waals surface area (Å²) in [6.07, 6.45) is 3.17. The number of ether oxygens (including phenoxy) is 1. The number of thioether (sulfide) groups is 1. The number of benzene rings is 1. The van der Waals surface area contributed by atoms with Crippen LogP contribution in [0.15, 0.2) is 18.2 Å². The molecule has 96 valence electrons. The van der Waals surface area contributed by atoms with Crippen molar-refractivity contribution in [3.05, 3.63) is 28.8 Å². The molecule has 0 bridgehead atoms. The lowest BCUT2D eigenvalue weighted by Gasteiger charge is -2.13. The summed E-state index contributed by atoms with van der Waals surface area (Å²) in [4.78, 5) is 0. The van der Waals surface area contributed by atoms with E-state index in [0.717, 1.165) is 48.2 Å². The average molecular weight is 274 g/mol. The van der Waals surface area contributed by atoms with Gasteiger partial charge in [-0.15, -0.1) is 0 Å². The Labute approximate surface area is 113 Å². The summed E-state index contributed by atoms with van der Waals surface area (Å²) in [5, 5.41) is 4.05. The first-order valence-corrected chi connectivity index (χ1v) is 7.66. The maximum Gasteiger partial charge on any atom is 0.125 e. The minimum Gasteiger partial charge on any atom is -0.493 e. The molecule has 0 aromatic heterocycles. The lowest BCUT2D eigenvalue weighted by molar-refractivity contribution is 0.314. The zero-order valence-corrected chi connectivity index (χ0v) is 12.0. The normalized spacial score (nSPS) is 10.5. The molecule has 0 aliphatic carbocycles. The van der Waals surface area contributed by atoms with Crippen LogP contribution in [0.2, 0.25) is 5.02 Å². The van der Waals surface area contributed by atoms with Crippen molar-refractivity contribution >= 4 is 23.4 Å². The molecule has 0 aliphatic heterocycles. The fraction of sp³-hybridized carbons (Fsp3) is 0.538. The minimum atomic E-state index is 0.750. The summed E-state index contributed by atoms with van der Waals surface area (Å²) >= 11 is 8.02. The summed E-state index contributed by atoms with van der Waals surface area (Å²) in [5.41, 5.74) is 1.06. The van der Waals surface area contributed by atoms with Crippen LogP contribution in [0.25, 0.3) is 0 Å². The van der Waals surface area contributed by atoms with Gasteiger partial charge in [0.1, 0.15) is 5.75 Å². The number of hydrogen-bond donors (Lipinski definition) is 1. The smallest absolute Gasteiger partial charge is 0.125 e. The fourth-order valence-electron chi connectivity index (χ4n) is 1.48. The lowest BCUT2D eigenvalue weighted by atomic mass is 10.2. The third-order valence-corrected chi connectivity index (χ3v) is 3.43. The van der Waals surface area contributed by atoms with Crippen molar-refractivity contribution in [2.24, 2.45) is 0 Å². The van der Waals surface area contributed by atoms with Gasteiger partial charge in [0.25, 0.3) is 0 Å². The molecule has 0 amide bonds. The van der Waals surface area contributed by atoms with E-state index in [2.05, 4.69) is 18.5 Å². The summed E-state index contributed by atoms with van der Waals surface area (Å²) < 4.78 is 5.78. The van der Waals surface area contributed by atoms with E-state index >= 15 is 0 Å². The van der Waals surface area contributed by atoms with Crippen molar-refractivity contribution in [2.75, 3.05) is 25.2 Å². The molecule has 0 heterocycles. The molecule has 1 aromatic rings. The van der Waals surface area contributed by atoms with Gasteiger partial charge in [0.05, 0.1) is 6.61 Å². The summed E-state index contributed by atoms with van der Waals surface area (Å²) in [5.74, 6) is 2.03. The van der Waals surface area contributed by atoms with Gasteiger partial charge in [-0.3, -0.25) is 0 Å². The monoisotopic (exact) mass is 273 g/mol. The van der Waals surface area contributed by atoms with E-state index in [-0.39, 0.29) is 0 Å². The predicted molar refractivity (Wildman–Crippen MR) is 77.3 cm³/mol. The molecule has 0 unspecified atom stereocenters. The quantitative estimate of drug-likeness (QED) is 0.732. The second-order valence-corrected chi connectivity index (χ2v) is 5.08. The Hall–Kier alpha value is -0.380. The van der Waals surface area contributed by atoms with Crippen LogP contribution in [0.4, 0.5) is 0 Å². The Kier molecular flexibility index (Phi) is 7.49. The molecular weight excluding hydrogens is 254 g/mol. The first-order chi connectivity index (χ1) is 8.29. The van der Waals surface area contributed by atoms with Gasteiger partial charge >= 0.3 is 0 Å². The molecule has 0 aliphatic rings. The van der Waals surface area contributed by atoms with E-state index < -0.39 is 0 Å². The lowest BCUT2D eigenvalue weighted by Crippen LogP contribution is -2.13. The molecule has 0 saturated carbocycles. The van der Waals surface area contributed by atoms with Gasteiger partial charge in [-0.1, -0.05) is 24.6 Å². The van der Waals surface area contributed by atoms with Crippen LogP contribution in [-0.4, -0.2) is 25.2 Å². The molecule has 0 atom stereocenters. The van der Waals surface area contributed by atoms with Gasteiger partial charge in [-0.05, 0) is 37.1 Å². The van der Waals surface area contributed by atoms with Crippen molar-refractivity contribution in [1.82, 2.24) is 5.32 Å². The highest BCUT2D eigenvalue weighted by Gasteiger charge is 2.07. The average Bonchev–Trinajstić information content (AvgIpc) is 2.34. The molecule has 0 spiro atoms. The molecule has 1 rings (SSSR count). The molecule has 0 saturated heterocycles.